The number of carbonyl (C=O) groups is 2. The number of anilines is 1. The summed E-state index contributed by atoms with van der Waals surface area (Å²) in [5.74, 6) is 0.430. The Morgan fingerprint density at radius 3 is 2.89 bits per heavy atom. The number of amides is 1. The molecular weight excluding hydrogens is 254 g/mol. The summed E-state index contributed by atoms with van der Waals surface area (Å²) in [5, 5.41) is 0. The summed E-state index contributed by atoms with van der Waals surface area (Å²) >= 11 is 5.53. The molecule has 1 amide bonds. The quantitative estimate of drug-likeness (QED) is 0.623. The molecule has 0 aromatic heterocycles. The number of carbonyl (C=O) groups excluding carboxylic acids is 2. The number of Topliss-reactive ketones (excluding diaryl/α,β-unsaturated/α-hetero) is 1. The fraction of sp³-hybridized carbons (Fsp3) is 0.385. The molecule has 1 aromatic carbocycles. The van der Waals surface area contributed by atoms with Gasteiger partial charge in [-0.1, -0.05) is 6.92 Å². The second-order valence-electron chi connectivity index (χ2n) is 3.99. The maximum absolute atomic E-state index is 11.8. The van der Waals surface area contributed by atoms with Crippen molar-refractivity contribution in [2.24, 2.45) is 0 Å². The lowest BCUT2D eigenvalue weighted by Crippen LogP contribution is -2.37. The maximum atomic E-state index is 11.8. The molecule has 0 bridgehead atoms. The van der Waals surface area contributed by atoms with Crippen molar-refractivity contribution >= 4 is 29.0 Å². The Morgan fingerprint density at radius 2 is 2.22 bits per heavy atom. The minimum atomic E-state index is -0.158. The molecule has 4 nitrogen and oxygen atoms in total. The molecule has 18 heavy (non-hydrogen) atoms. The van der Waals surface area contributed by atoms with Gasteiger partial charge in [-0.2, -0.15) is 0 Å². The number of alkyl halides is 1. The average Bonchev–Trinajstić information content (AvgIpc) is 2.44. The second-order valence-corrected chi connectivity index (χ2v) is 4.25. The van der Waals surface area contributed by atoms with E-state index in [2.05, 4.69) is 0 Å². The second kappa shape index (κ2) is 5.40. The van der Waals surface area contributed by atoms with Crippen LogP contribution in [0.4, 0.5) is 5.69 Å². The van der Waals surface area contributed by atoms with Gasteiger partial charge in [-0.25, -0.2) is 0 Å². The van der Waals surface area contributed by atoms with E-state index in [9.17, 15) is 9.59 Å². The van der Waals surface area contributed by atoms with Crippen molar-refractivity contribution in [2.45, 2.75) is 13.3 Å². The van der Waals surface area contributed by atoms with Crippen LogP contribution in [0.25, 0.3) is 0 Å². The molecule has 0 atom stereocenters. The molecule has 1 aromatic rings. The zero-order valence-corrected chi connectivity index (χ0v) is 10.9. The Hall–Kier alpha value is -1.55. The van der Waals surface area contributed by atoms with E-state index in [0.29, 0.717) is 36.6 Å². The van der Waals surface area contributed by atoms with Crippen LogP contribution in [0.5, 0.6) is 5.75 Å². The highest BCUT2D eigenvalue weighted by Gasteiger charge is 2.23. The van der Waals surface area contributed by atoms with Crippen molar-refractivity contribution in [3.8, 4) is 5.75 Å². The van der Waals surface area contributed by atoms with Gasteiger partial charge in [0.25, 0.3) is 0 Å². The summed E-state index contributed by atoms with van der Waals surface area (Å²) in [6.45, 7) is 2.80. The first-order valence-corrected chi connectivity index (χ1v) is 6.37. The Labute approximate surface area is 110 Å². The first kappa shape index (κ1) is 12.9. The van der Waals surface area contributed by atoms with Crippen LogP contribution in [0.3, 0.4) is 0 Å². The molecule has 1 heterocycles. The summed E-state index contributed by atoms with van der Waals surface area (Å²) in [5.41, 5.74) is 1.16. The molecule has 0 N–H and O–H groups in total. The first-order chi connectivity index (χ1) is 8.67. The third-order valence-electron chi connectivity index (χ3n) is 2.87. The van der Waals surface area contributed by atoms with Gasteiger partial charge in [0, 0.05) is 12.0 Å². The molecule has 0 aliphatic carbocycles. The number of nitrogens with zero attached hydrogens (tertiary/aromatic N) is 1. The minimum absolute atomic E-state index is 0.0232. The third kappa shape index (κ3) is 2.34. The minimum Gasteiger partial charge on any atom is -0.490 e. The van der Waals surface area contributed by atoms with Crippen molar-refractivity contribution in [1.82, 2.24) is 0 Å². The Balaban J connectivity index is 2.41. The lowest BCUT2D eigenvalue weighted by atomic mass is 10.1. The highest BCUT2D eigenvalue weighted by Crippen LogP contribution is 2.33. The van der Waals surface area contributed by atoms with Gasteiger partial charge < -0.3 is 9.64 Å². The molecule has 0 saturated heterocycles. The molecular formula is C13H14ClNO3. The van der Waals surface area contributed by atoms with Gasteiger partial charge in [-0.15, -0.1) is 11.6 Å². The highest BCUT2D eigenvalue weighted by atomic mass is 35.5. The number of ether oxygens (including phenoxy) is 1. The number of hydrogen-bond donors (Lipinski definition) is 0. The number of rotatable bonds is 3. The number of benzene rings is 1. The van der Waals surface area contributed by atoms with E-state index in [1.165, 1.54) is 0 Å². The standard InChI is InChI=1S/C13H14ClNO3/c1-2-13(17)15-5-6-18-12-4-3-9(7-10(12)15)11(16)8-14/h3-4,7H,2,5-6,8H2,1H3. The highest BCUT2D eigenvalue weighted by molar-refractivity contribution is 6.30. The predicted octanol–water partition coefficient (Wildman–Crippen LogP) is 2.24. The molecule has 0 unspecified atom stereocenters. The molecule has 0 spiro atoms. The normalized spacial score (nSPS) is 13.8. The summed E-state index contributed by atoms with van der Waals surface area (Å²) in [6.07, 6.45) is 0.424. The Kier molecular flexibility index (Phi) is 3.87. The zero-order valence-electron chi connectivity index (χ0n) is 10.1. The molecule has 2 rings (SSSR count). The van der Waals surface area contributed by atoms with Crippen LogP contribution in [-0.4, -0.2) is 30.7 Å². The van der Waals surface area contributed by atoms with Crippen molar-refractivity contribution in [2.75, 3.05) is 23.9 Å². The third-order valence-corrected chi connectivity index (χ3v) is 3.11. The van der Waals surface area contributed by atoms with Crippen LogP contribution >= 0.6 is 11.6 Å². The van der Waals surface area contributed by atoms with Gasteiger partial charge in [0.2, 0.25) is 5.91 Å². The van der Waals surface area contributed by atoms with Crippen LogP contribution < -0.4 is 9.64 Å². The number of fused-ring (bicyclic) bond motifs is 1. The fourth-order valence-electron chi connectivity index (χ4n) is 1.92. The number of halogens is 1. The smallest absolute Gasteiger partial charge is 0.226 e. The molecule has 1 aliphatic heterocycles. The van der Waals surface area contributed by atoms with E-state index in [1.54, 1.807) is 23.1 Å². The lowest BCUT2D eigenvalue weighted by Gasteiger charge is -2.29. The molecule has 1 aliphatic rings. The van der Waals surface area contributed by atoms with Crippen molar-refractivity contribution in [1.29, 1.82) is 0 Å². The van der Waals surface area contributed by atoms with Crippen LogP contribution in [0, 0.1) is 0 Å². The van der Waals surface area contributed by atoms with E-state index in [-0.39, 0.29) is 17.6 Å². The first-order valence-electron chi connectivity index (χ1n) is 5.83. The van der Waals surface area contributed by atoms with Crippen molar-refractivity contribution in [3.05, 3.63) is 23.8 Å². The molecule has 5 heteroatoms. The predicted molar refractivity (Wildman–Crippen MR) is 69.6 cm³/mol. The summed E-state index contributed by atoms with van der Waals surface area (Å²) in [4.78, 5) is 25.1. The Morgan fingerprint density at radius 1 is 1.44 bits per heavy atom. The van der Waals surface area contributed by atoms with Crippen molar-refractivity contribution < 1.29 is 14.3 Å². The van der Waals surface area contributed by atoms with E-state index < -0.39 is 0 Å². The van der Waals surface area contributed by atoms with Crippen molar-refractivity contribution in [3.63, 3.8) is 0 Å². The zero-order chi connectivity index (χ0) is 13.1. The van der Waals surface area contributed by atoms with Gasteiger partial charge in [-0.05, 0) is 18.2 Å². The van der Waals surface area contributed by atoms with Crippen LogP contribution in [0.2, 0.25) is 0 Å². The van der Waals surface area contributed by atoms with E-state index in [4.69, 9.17) is 16.3 Å². The van der Waals surface area contributed by atoms with E-state index in [1.807, 2.05) is 6.92 Å². The summed E-state index contributed by atoms with van der Waals surface area (Å²) in [7, 11) is 0. The maximum Gasteiger partial charge on any atom is 0.226 e. The van der Waals surface area contributed by atoms with Gasteiger partial charge >= 0.3 is 0 Å². The largest absolute Gasteiger partial charge is 0.490 e. The lowest BCUT2D eigenvalue weighted by molar-refractivity contribution is -0.118. The van der Waals surface area contributed by atoms with Gasteiger partial charge in [0.15, 0.2) is 5.78 Å². The Bertz CT molecular complexity index is 487. The van der Waals surface area contributed by atoms with E-state index in [0.717, 1.165) is 0 Å². The summed E-state index contributed by atoms with van der Waals surface area (Å²) in [6, 6.07) is 5.06. The van der Waals surface area contributed by atoms with Gasteiger partial charge in [0.1, 0.15) is 12.4 Å². The SMILES string of the molecule is CCC(=O)N1CCOc2ccc(C(=O)CCl)cc21. The van der Waals surface area contributed by atoms with Crippen LogP contribution in [0.1, 0.15) is 23.7 Å². The number of ketones is 1. The monoisotopic (exact) mass is 267 g/mol. The fourth-order valence-corrected chi connectivity index (χ4v) is 2.07. The summed E-state index contributed by atoms with van der Waals surface area (Å²) < 4.78 is 5.48. The van der Waals surface area contributed by atoms with Crippen LogP contribution in [0.15, 0.2) is 18.2 Å². The number of hydrogen-bond acceptors (Lipinski definition) is 3. The molecule has 0 saturated carbocycles. The van der Waals surface area contributed by atoms with E-state index >= 15 is 0 Å². The average molecular weight is 268 g/mol. The van der Waals surface area contributed by atoms with Gasteiger partial charge in [-0.3, -0.25) is 9.59 Å². The molecule has 0 radical (unpaired) electrons. The molecule has 0 fully saturated rings. The topological polar surface area (TPSA) is 46.6 Å². The van der Waals surface area contributed by atoms with Crippen LogP contribution in [-0.2, 0) is 4.79 Å². The van der Waals surface area contributed by atoms with Gasteiger partial charge in [0.05, 0.1) is 18.1 Å². The molecule has 96 valence electrons.